The molecule has 1 aliphatic rings. The third-order valence-corrected chi connectivity index (χ3v) is 6.91. The fourth-order valence-corrected chi connectivity index (χ4v) is 4.90. The summed E-state index contributed by atoms with van der Waals surface area (Å²) in [6.07, 6.45) is 6.30. The Hall–Kier alpha value is -2.25. The van der Waals surface area contributed by atoms with E-state index < -0.39 is 10.0 Å². The summed E-state index contributed by atoms with van der Waals surface area (Å²) in [6.45, 7) is 4.33. The molecule has 1 aromatic carbocycles. The number of hydrogen-bond acceptors (Lipinski definition) is 4. The standard InChI is InChI=1S/C21H26N4O2S/c1-15(2)16-9-11-18(12-10-16)28(26,27)23-14-20-24-19-8-5-13-22-21(19)25(20)17-6-3-4-7-17/h5,8-13,15,17,23H,3-4,6-7,14H2,1-2H3. The molecule has 28 heavy (non-hydrogen) atoms. The van der Waals surface area contributed by atoms with Gasteiger partial charge in [0.2, 0.25) is 10.0 Å². The molecule has 0 bridgehead atoms. The molecule has 1 aliphatic carbocycles. The molecular weight excluding hydrogens is 372 g/mol. The molecule has 2 aromatic heterocycles. The summed E-state index contributed by atoms with van der Waals surface area (Å²) in [7, 11) is -3.60. The van der Waals surface area contributed by atoms with Gasteiger partial charge in [0.25, 0.3) is 0 Å². The minimum absolute atomic E-state index is 0.154. The van der Waals surface area contributed by atoms with Crippen molar-refractivity contribution < 1.29 is 8.42 Å². The highest BCUT2D eigenvalue weighted by atomic mass is 32.2. The van der Waals surface area contributed by atoms with E-state index in [1.165, 1.54) is 12.8 Å². The van der Waals surface area contributed by atoms with Crippen LogP contribution in [0.25, 0.3) is 11.2 Å². The fraction of sp³-hybridized carbons (Fsp3) is 0.429. The van der Waals surface area contributed by atoms with Crippen LogP contribution in [0, 0.1) is 0 Å². The van der Waals surface area contributed by atoms with Crippen molar-refractivity contribution in [1.29, 1.82) is 0 Å². The Kier molecular flexibility index (Phi) is 5.21. The molecule has 0 spiro atoms. The highest BCUT2D eigenvalue weighted by Crippen LogP contribution is 2.33. The zero-order valence-electron chi connectivity index (χ0n) is 16.3. The molecule has 6 nitrogen and oxygen atoms in total. The molecule has 1 N–H and O–H groups in total. The molecule has 0 radical (unpaired) electrons. The van der Waals surface area contributed by atoms with Crippen LogP contribution in [-0.4, -0.2) is 23.0 Å². The number of rotatable bonds is 6. The molecule has 0 amide bonds. The Morgan fingerprint density at radius 1 is 1.14 bits per heavy atom. The third-order valence-electron chi connectivity index (χ3n) is 5.49. The van der Waals surface area contributed by atoms with Crippen LogP contribution in [0.1, 0.15) is 62.9 Å². The molecular formula is C21H26N4O2S. The Labute approximate surface area is 166 Å². The van der Waals surface area contributed by atoms with Crippen LogP contribution in [0.15, 0.2) is 47.5 Å². The van der Waals surface area contributed by atoms with Crippen molar-refractivity contribution in [3.63, 3.8) is 0 Å². The topological polar surface area (TPSA) is 76.9 Å². The number of hydrogen-bond donors (Lipinski definition) is 1. The van der Waals surface area contributed by atoms with E-state index in [0.717, 1.165) is 35.4 Å². The molecule has 2 heterocycles. The van der Waals surface area contributed by atoms with E-state index in [1.54, 1.807) is 18.3 Å². The molecule has 1 saturated carbocycles. The number of nitrogens with zero attached hydrogens (tertiary/aromatic N) is 3. The van der Waals surface area contributed by atoms with E-state index >= 15 is 0 Å². The van der Waals surface area contributed by atoms with Crippen molar-refractivity contribution in [2.75, 3.05) is 0 Å². The maximum absolute atomic E-state index is 12.8. The number of pyridine rings is 1. The lowest BCUT2D eigenvalue weighted by Crippen LogP contribution is -2.25. The van der Waals surface area contributed by atoms with Crippen molar-refractivity contribution >= 4 is 21.2 Å². The maximum atomic E-state index is 12.8. The Balaban J connectivity index is 1.60. The zero-order valence-corrected chi connectivity index (χ0v) is 17.1. The Bertz CT molecular complexity index is 1070. The van der Waals surface area contributed by atoms with Gasteiger partial charge in [-0.2, -0.15) is 0 Å². The molecule has 7 heteroatoms. The van der Waals surface area contributed by atoms with E-state index in [1.807, 2.05) is 24.3 Å². The molecule has 1 fully saturated rings. The molecule has 0 atom stereocenters. The first-order valence-electron chi connectivity index (χ1n) is 9.87. The van der Waals surface area contributed by atoms with Gasteiger partial charge in [-0.3, -0.25) is 0 Å². The van der Waals surface area contributed by atoms with Gasteiger partial charge in [0.15, 0.2) is 5.65 Å². The van der Waals surface area contributed by atoms with Gasteiger partial charge in [0, 0.05) is 12.2 Å². The largest absolute Gasteiger partial charge is 0.308 e. The van der Waals surface area contributed by atoms with Crippen molar-refractivity contribution in [3.05, 3.63) is 54.0 Å². The van der Waals surface area contributed by atoms with Gasteiger partial charge in [-0.25, -0.2) is 23.1 Å². The second-order valence-electron chi connectivity index (χ2n) is 7.73. The van der Waals surface area contributed by atoms with Gasteiger partial charge in [-0.1, -0.05) is 38.8 Å². The number of benzene rings is 1. The smallest absolute Gasteiger partial charge is 0.240 e. The summed E-state index contributed by atoms with van der Waals surface area (Å²) in [4.78, 5) is 9.44. The normalized spacial score (nSPS) is 15.7. The lowest BCUT2D eigenvalue weighted by Gasteiger charge is -2.16. The minimum atomic E-state index is -3.60. The summed E-state index contributed by atoms with van der Waals surface area (Å²) in [5.41, 5.74) is 2.77. The van der Waals surface area contributed by atoms with Gasteiger partial charge in [-0.05, 0) is 48.6 Å². The summed E-state index contributed by atoms with van der Waals surface area (Å²) in [5, 5.41) is 0. The first kappa shape index (κ1) is 19.1. The highest BCUT2D eigenvalue weighted by Gasteiger charge is 2.24. The first-order valence-corrected chi connectivity index (χ1v) is 11.4. The summed E-state index contributed by atoms with van der Waals surface area (Å²) < 4.78 is 30.4. The molecule has 0 unspecified atom stereocenters. The van der Waals surface area contributed by atoms with Gasteiger partial charge >= 0.3 is 0 Å². The predicted molar refractivity (Wildman–Crippen MR) is 110 cm³/mol. The number of aromatic nitrogens is 3. The Morgan fingerprint density at radius 2 is 1.86 bits per heavy atom. The minimum Gasteiger partial charge on any atom is -0.308 e. The Morgan fingerprint density at radius 3 is 2.54 bits per heavy atom. The zero-order chi connectivity index (χ0) is 19.7. The number of sulfonamides is 1. The van der Waals surface area contributed by atoms with E-state index in [2.05, 4.69) is 33.1 Å². The van der Waals surface area contributed by atoms with Gasteiger partial charge in [0.05, 0.1) is 11.4 Å². The van der Waals surface area contributed by atoms with Crippen LogP contribution in [0.4, 0.5) is 0 Å². The third kappa shape index (κ3) is 3.69. The fourth-order valence-electron chi connectivity index (χ4n) is 3.92. The summed E-state index contributed by atoms with van der Waals surface area (Å²) in [6, 6.07) is 11.2. The molecule has 148 valence electrons. The van der Waals surface area contributed by atoms with Crippen LogP contribution in [0.3, 0.4) is 0 Å². The molecule has 0 aliphatic heterocycles. The number of fused-ring (bicyclic) bond motifs is 1. The second kappa shape index (κ2) is 7.64. The summed E-state index contributed by atoms with van der Waals surface area (Å²) in [5.74, 6) is 1.09. The van der Waals surface area contributed by atoms with Crippen LogP contribution in [-0.2, 0) is 16.6 Å². The van der Waals surface area contributed by atoms with Crippen molar-refractivity contribution in [3.8, 4) is 0 Å². The molecule has 3 aromatic rings. The van der Waals surface area contributed by atoms with Crippen molar-refractivity contribution in [2.24, 2.45) is 0 Å². The predicted octanol–water partition coefficient (Wildman–Crippen LogP) is 4.15. The van der Waals surface area contributed by atoms with E-state index in [9.17, 15) is 8.42 Å². The highest BCUT2D eigenvalue weighted by molar-refractivity contribution is 7.89. The van der Waals surface area contributed by atoms with Crippen molar-refractivity contribution in [1.82, 2.24) is 19.3 Å². The van der Waals surface area contributed by atoms with Gasteiger partial charge in [-0.15, -0.1) is 0 Å². The lowest BCUT2D eigenvalue weighted by atomic mass is 10.0. The summed E-state index contributed by atoms with van der Waals surface area (Å²) >= 11 is 0. The number of nitrogens with one attached hydrogen (secondary N) is 1. The second-order valence-corrected chi connectivity index (χ2v) is 9.50. The molecule has 4 rings (SSSR count). The SMILES string of the molecule is CC(C)c1ccc(S(=O)(=O)NCc2nc3cccnc3n2C2CCCC2)cc1. The number of imidazole rings is 1. The van der Waals surface area contributed by atoms with E-state index in [-0.39, 0.29) is 11.4 Å². The average molecular weight is 399 g/mol. The lowest BCUT2D eigenvalue weighted by molar-refractivity contribution is 0.502. The van der Waals surface area contributed by atoms with E-state index in [4.69, 9.17) is 0 Å². The van der Waals surface area contributed by atoms with E-state index in [0.29, 0.717) is 12.0 Å². The quantitative estimate of drug-likeness (QED) is 0.677. The average Bonchev–Trinajstić information content (AvgIpc) is 3.33. The maximum Gasteiger partial charge on any atom is 0.240 e. The van der Waals surface area contributed by atoms with Gasteiger partial charge < -0.3 is 4.57 Å². The van der Waals surface area contributed by atoms with Crippen LogP contribution < -0.4 is 4.72 Å². The van der Waals surface area contributed by atoms with Crippen molar-refractivity contribution in [2.45, 2.75) is 62.9 Å². The van der Waals surface area contributed by atoms with Crippen LogP contribution >= 0.6 is 0 Å². The van der Waals surface area contributed by atoms with Gasteiger partial charge in [0.1, 0.15) is 11.3 Å². The monoisotopic (exact) mass is 398 g/mol. The van der Waals surface area contributed by atoms with Crippen LogP contribution in [0.5, 0.6) is 0 Å². The van der Waals surface area contributed by atoms with Crippen LogP contribution in [0.2, 0.25) is 0 Å². The molecule has 0 saturated heterocycles. The first-order chi connectivity index (χ1) is 13.5.